The van der Waals surface area contributed by atoms with E-state index in [1.807, 2.05) is 0 Å². The van der Waals surface area contributed by atoms with Crippen LogP contribution in [0.25, 0.3) is 0 Å². The van der Waals surface area contributed by atoms with Crippen molar-refractivity contribution in [3.63, 3.8) is 0 Å². The van der Waals surface area contributed by atoms with Crippen LogP contribution in [0.1, 0.15) is 45.4 Å². The minimum Gasteiger partial charge on any atom is -0.383 e. The van der Waals surface area contributed by atoms with Gasteiger partial charge in [-0.3, -0.25) is 4.90 Å². The molecule has 0 aromatic rings. The van der Waals surface area contributed by atoms with Gasteiger partial charge in [-0.15, -0.1) is 0 Å². The third kappa shape index (κ3) is 3.67. The average molecular weight is 240 g/mol. The monoisotopic (exact) mass is 240 g/mol. The van der Waals surface area contributed by atoms with Crippen molar-refractivity contribution in [3.05, 3.63) is 0 Å². The first-order valence-corrected chi connectivity index (χ1v) is 7.22. The fourth-order valence-electron chi connectivity index (χ4n) is 3.27. The fourth-order valence-corrected chi connectivity index (χ4v) is 3.27. The molecule has 0 heterocycles. The van der Waals surface area contributed by atoms with E-state index >= 15 is 0 Å². The largest absolute Gasteiger partial charge is 0.383 e. The predicted octanol–water partition coefficient (Wildman–Crippen LogP) is 2.00. The summed E-state index contributed by atoms with van der Waals surface area (Å²) in [5.74, 6) is 0.935. The van der Waals surface area contributed by atoms with E-state index < -0.39 is 0 Å². The molecule has 0 bridgehead atoms. The first-order chi connectivity index (χ1) is 8.22. The topological polar surface area (TPSA) is 38.5 Å². The summed E-state index contributed by atoms with van der Waals surface area (Å²) in [6.45, 7) is 4.32. The number of nitrogens with zero attached hydrogens (tertiary/aromatic N) is 1. The lowest BCUT2D eigenvalue weighted by Crippen LogP contribution is -2.48. The van der Waals surface area contributed by atoms with Gasteiger partial charge < -0.3 is 10.5 Å². The first kappa shape index (κ1) is 13.3. The number of hydrogen-bond donors (Lipinski definition) is 1. The lowest BCUT2D eigenvalue weighted by atomic mass is 9.89. The molecule has 2 rings (SSSR count). The van der Waals surface area contributed by atoms with E-state index in [2.05, 4.69) is 11.8 Å². The van der Waals surface area contributed by atoms with Gasteiger partial charge in [0, 0.05) is 31.8 Å². The van der Waals surface area contributed by atoms with Crippen molar-refractivity contribution < 1.29 is 4.74 Å². The summed E-state index contributed by atoms with van der Waals surface area (Å²) in [4.78, 5) is 2.68. The molecule has 3 unspecified atom stereocenters. The van der Waals surface area contributed by atoms with Gasteiger partial charge in [0.2, 0.25) is 0 Å². The molecule has 0 aromatic heterocycles. The second-order valence-corrected chi connectivity index (χ2v) is 5.89. The van der Waals surface area contributed by atoms with Crippen LogP contribution in [0.3, 0.4) is 0 Å². The molecule has 0 aliphatic heterocycles. The van der Waals surface area contributed by atoms with Crippen LogP contribution >= 0.6 is 0 Å². The third-order valence-electron chi connectivity index (χ3n) is 4.54. The maximum atomic E-state index is 6.13. The van der Waals surface area contributed by atoms with Gasteiger partial charge in [-0.1, -0.05) is 6.42 Å². The molecule has 17 heavy (non-hydrogen) atoms. The molecule has 2 aliphatic rings. The Hall–Kier alpha value is -0.120. The van der Waals surface area contributed by atoms with Crippen molar-refractivity contribution in [1.82, 2.24) is 4.90 Å². The minimum atomic E-state index is 0.421. The molecule has 2 aliphatic carbocycles. The molecule has 3 heteroatoms. The van der Waals surface area contributed by atoms with Crippen molar-refractivity contribution in [2.45, 2.75) is 63.6 Å². The summed E-state index contributed by atoms with van der Waals surface area (Å²) in [7, 11) is 1.80. The molecule has 2 saturated carbocycles. The summed E-state index contributed by atoms with van der Waals surface area (Å²) in [6, 6.07) is 1.84. The molecular weight excluding hydrogens is 212 g/mol. The smallest absolute Gasteiger partial charge is 0.0589 e. The molecule has 0 radical (unpaired) electrons. The number of hydrogen-bond acceptors (Lipinski definition) is 3. The minimum absolute atomic E-state index is 0.421. The number of nitrogens with two attached hydrogens (primary N) is 1. The molecule has 0 spiro atoms. The average Bonchev–Trinajstić information content (AvgIpc) is 3.13. The van der Waals surface area contributed by atoms with E-state index in [1.54, 1.807) is 7.11 Å². The number of rotatable bonds is 6. The lowest BCUT2D eigenvalue weighted by molar-refractivity contribution is 0.0611. The quantitative estimate of drug-likeness (QED) is 0.772. The molecule has 2 N–H and O–H groups in total. The van der Waals surface area contributed by atoms with Gasteiger partial charge in [-0.05, 0) is 44.9 Å². The van der Waals surface area contributed by atoms with Crippen molar-refractivity contribution in [1.29, 1.82) is 0 Å². The van der Waals surface area contributed by atoms with E-state index in [1.165, 1.54) is 38.5 Å². The summed E-state index contributed by atoms with van der Waals surface area (Å²) in [5, 5.41) is 0. The van der Waals surface area contributed by atoms with Crippen molar-refractivity contribution in [2.24, 2.45) is 11.7 Å². The molecule has 0 aromatic carbocycles. The normalized spacial score (nSPS) is 31.8. The Morgan fingerprint density at radius 3 is 2.65 bits per heavy atom. The van der Waals surface area contributed by atoms with Gasteiger partial charge >= 0.3 is 0 Å². The highest BCUT2D eigenvalue weighted by molar-refractivity contribution is 4.91. The zero-order valence-corrected chi connectivity index (χ0v) is 11.4. The molecular formula is C14H28N2O. The molecule has 0 saturated heterocycles. The van der Waals surface area contributed by atoms with E-state index in [0.29, 0.717) is 12.1 Å². The molecule has 2 fully saturated rings. The van der Waals surface area contributed by atoms with E-state index in [0.717, 1.165) is 25.1 Å². The molecule has 3 atom stereocenters. The van der Waals surface area contributed by atoms with E-state index in [-0.39, 0.29) is 0 Å². The maximum Gasteiger partial charge on any atom is 0.0589 e. The highest BCUT2D eigenvalue weighted by Gasteiger charge is 2.36. The van der Waals surface area contributed by atoms with Crippen molar-refractivity contribution >= 4 is 0 Å². The van der Waals surface area contributed by atoms with Gasteiger partial charge in [0.15, 0.2) is 0 Å². The van der Waals surface area contributed by atoms with Gasteiger partial charge in [0.05, 0.1) is 6.61 Å². The maximum absolute atomic E-state index is 6.13. The Labute approximate surface area is 106 Å². The summed E-state index contributed by atoms with van der Waals surface area (Å²) in [5.41, 5.74) is 6.13. The van der Waals surface area contributed by atoms with Crippen LogP contribution in [0.15, 0.2) is 0 Å². The van der Waals surface area contributed by atoms with Gasteiger partial charge in [-0.25, -0.2) is 0 Å². The Balaban J connectivity index is 1.92. The molecule has 3 nitrogen and oxygen atoms in total. The van der Waals surface area contributed by atoms with Gasteiger partial charge in [0.25, 0.3) is 0 Å². The second-order valence-electron chi connectivity index (χ2n) is 5.89. The van der Waals surface area contributed by atoms with Crippen LogP contribution < -0.4 is 5.73 Å². The number of methoxy groups -OCH3 is 1. The van der Waals surface area contributed by atoms with Crippen LogP contribution in [0.4, 0.5) is 0 Å². The van der Waals surface area contributed by atoms with Crippen LogP contribution in [0.5, 0.6) is 0 Å². The summed E-state index contributed by atoms with van der Waals surface area (Å²) >= 11 is 0. The standard InChI is InChI=1S/C14H28N2O/c1-11(12-6-7-12)16(8-9-17-2)14-5-3-4-13(15)10-14/h11-14H,3-10,15H2,1-2H3. The molecule has 0 amide bonds. The fraction of sp³-hybridized carbons (Fsp3) is 1.00. The lowest BCUT2D eigenvalue weighted by Gasteiger charge is -2.40. The van der Waals surface area contributed by atoms with E-state index in [9.17, 15) is 0 Å². The Morgan fingerprint density at radius 1 is 1.29 bits per heavy atom. The van der Waals surface area contributed by atoms with Crippen LogP contribution in [0, 0.1) is 5.92 Å². The highest BCUT2D eigenvalue weighted by atomic mass is 16.5. The second kappa shape index (κ2) is 6.17. The van der Waals surface area contributed by atoms with Gasteiger partial charge in [0.1, 0.15) is 0 Å². The SMILES string of the molecule is COCCN(C1CCCC(N)C1)C(C)C1CC1. The van der Waals surface area contributed by atoms with Gasteiger partial charge in [-0.2, -0.15) is 0 Å². The van der Waals surface area contributed by atoms with E-state index in [4.69, 9.17) is 10.5 Å². The zero-order chi connectivity index (χ0) is 12.3. The summed E-state index contributed by atoms with van der Waals surface area (Å²) < 4.78 is 5.27. The predicted molar refractivity (Wildman–Crippen MR) is 71.0 cm³/mol. The number of ether oxygens (including phenoxy) is 1. The van der Waals surface area contributed by atoms with Crippen LogP contribution in [-0.2, 0) is 4.74 Å². The molecule has 100 valence electrons. The Bertz CT molecular complexity index is 230. The third-order valence-corrected chi connectivity index (χ3v) is 4.54. The van der Waals surface area contributed by atoms with Crippen molar-refractivity contribution in [3.8, 4) is 0 Å². The first-order valence-electron chi connectivity index (χ1n) is 7.22. The van der Waals surface area contributed by atoms with Crippen molar-refractivity contribution in [2.75, 3.05) is 20.3 Å². The highest BCUT2D eigenvalue weighted by Crippen LogP contribution is 2.37. The Kier molecular flexibility index (Phi) is 4.83. The summed E-state index contributed by atoms with van der Waals surface area (Å²) in [6.07, 6.45) is 7.86. The Morgan fingerprint density at radius 2 is 2.06 bits per heavy atom. The van der Waals surface area contributed by atoms with Crippen LogP contribution in [0.2, 0.25) is 0 Å². The van der Waals surface area contributed by atoms with Crippen LogP contribution in [-0.4, -0.2) is 43.3 Å². The zero-order valence-electron chi connectivity index (χ0n) is 11.4.